The molecule has 4 aromatic rings. The van der Waals surface area contributed by atoms with E-state index in [-0.39, 0.29) is 6.03 Å². The Labute approximate surface area is 201 Å². The molecule has 176 valence electrons. The number of methoxy groups -OCH3 is 2. The molecule has 0 radical (unpaired) electrons. The number of amides is 2. The molecule has 2 aromatic carbocycles. The highest BCUT2D eigenvalue weighted by Gasteiger charge is 2.15. The number of ether oxygens (including phenoxy) is 3. The van der Waals surface area contributed by atoms with E-state index in [4.69, 9.17) is 14.2 Å². The topological polar surface area (TPSA) is 107 Å². The summed E-state index contributed by atoms with van der Waals surface area (Å²) in [6.45, 7) is 5.86. The van der Waals surface area contributed by atoms with Gasteiger partial charge in [-0.15, -0.1) is 10.2 Å². The van der Waals surface area contributed by atoms with Gasteiger partial charge in [0.25, 0.3) is 0 Å². The van der Waals surface area contributed by atoms with E-state index in [1.807, 2.05) is 45.0 Å². The zero-order chi connectivity index (χ0) is 24.2. The minimum Gasteiger partial charge on any atom is -0.493 e. The van der Waals surface area contributed by atoms with Gasteiger partial charge in [0.15, 0.2) is 11.5 Å². The van der Waals surface area contributed by atoms with E-state index in [0.29, 0.717) is 33.8 Å². The SMILES string of the molecule is CCc1nnc(NC(=O)Nc2ccc(Oc3ccnc4cc(OC)c(OC)cc34)c(C)c2C)s1. The zero-order valence-electron chi connectivity index (χ0n) is 19.6. The lowest BCUT2D eigenvalue weighted by Crippen LogP contribution is -2.20. The first-order chi connectivity index (χ1) is 16.4. The van der Waals surface area contributed by atoms with E-state index in [9.17, 15) is 4.79 Å². The first-order valence-corrected chi connectivity index (χ1v) is 11.4. The van der Waals surface area contributed by atoms with Gasteiger partial charge in [0.05, 0.1) is 19.7 Å². The van der Waals surface area contributed by atoms with Gasteiger partial charge in [-0.3, -0.25) is 10.3 Å². The Hall–Kier alpha value is -3.92. The summed E-state index contributed by atoms with van der Waals surface area (Å²) < 4.78 is 17.1. The van der Waals surface area contributed by atoms with E-state index in [1.54, 1.807) is 26.5 Å². The van der Waals surface area contributed by atoms with Gasteiger partial charge >= 0.3 is 6.03 Å². The minimum absolute atomic E-state index is 0.379. The molecule has 4 rings (SSSR count). The average molecular weight is 480 g/mol. The third-order valence-electron chi connectivity index (χ3n) is 5.40. The van der Waals surface area contributed by atoms with Crippen LogP contribution in [0.15, 0.2) is 36.5 Å². The summed E-state index contributed by atoms with van der Waals surface area (Å²) in [6, 6.07) is 8.71. The third kappa shape index (κ3) is 4.72. The maximum Gasteiger partial charge on any atom is 0.325 e. The van der Waals surface area contributed by atoms with Crippen molar-refractivity contribution in [1.82, 2.24) is 15.2 Å². The monoisotopic (exact) mass is 479 g/mol. The number of aryl methyl sites for hydroxylation is 1. The van der Waals surface area contributed by atoms with Crippen molar-refractivity contribution in [2.24, 2.45) is 0 Å². The van der Waals surface area contributed by atoms with Crippen molar-refractivity contribution < 1.29 is 19.0 Å². The van der Waals surface area contributed by atoms with E-state index in [0.717, 1.165) is 33.5 Å². The van der Waals surface area contributed by atoms with Gasteiger partial charge in [0.2, 0.25) is 5.13 Å². The molecule has 2 N–H and O–H groups in total. The molecule has 0 aliphatic heterocycles. The minimum atomic E-state index is -0.379. The van der Waals surface area contributed by atoms with Crippen LogP contribution in [-0.2, 0) is 6.42 Å². The number of anilines is 2. The summed E-state index contributed by atoms with van der Waals surface area (Å²) in [7, 11) is 3.17. The van der Waals surface area contributed by atoms with Crippen LogP contribution < -0.4 is 24.8 Å². The maximum atomic E-state index is 12.4. The largest absolute Gasteiger partial charge is 0.493 e. The molecule has 34 heavy (non-hydrogen) atoms. The van der Waals surface area contributed by atoms with Crippen LogP contribution in [0, 0.1) is 13.8 Å². The van der Waals surface area contributed by atoms with Crippen LogP contribution in [0.2, 0.25) is 0 Å². The van der Waals surface area contributed by atoms with Crippen LogP contribution in [0.3, 0.4) is 0 Å². The number of nitrogens with one attached hydrogen (secondary N) is 2. The Kier molecular flexibility index (Phi) is 6.78. The van der Waals surface area contributed by atoms with Crippen molar-refractivity contribution in [2.45, 2.75) is 27.2 Å². The molecule has 0 fully saturated rings. The molecule has 0 spiro atoms. The van der Waals surface area contributed by atoms with Gasteiger partial charge < -0.3 is 19.5 Å². The highest BCUT2D eigenvalue weighted by Crippen LogP contribution is 2.38. The Balaban J connectivity index is 1.56. The zero-order valence-corrected chi connectivity index (χ0v) is 20.4. The number of rotatable bonds is 7. The number of nitrogens with zero attached hydrogens (tertiary/aromatic N) is 3. The summed E-state index contributed by atoms with van der Waals surface area (Å²) in [6.07, 6.45) is 2.46. The second-order valence-corrected chi connectivity index (χ2v) is 8.49. The molecular weight excluding hydrogens is 454 g/mol. The molecule has 0 unspecified atom stereocenters. The molecule has 0 aliphatic rings. The fourth-order valence-corrected chi connectivity index (χ4v) is 4.07. The number of hydrogen-bond acceptors (Lipinski definition) is 8. The average Bonchev–Trinajstić information content (AvgIpc) is 3.30. The number of carbonyl (C=O) groups excluding carboxylic acids is 1. The second-order valence-electron chi connectivity index (χ2n) is 7.43. The molecule has 0 bridgehead atoms. The molecule has 2 amide bonds. The lowest BCUT2D eigenvalue weighted by Gasteiger charge is -2.16. The molecule has 0 atom stereocenters. The molecule has 0 saturated heterocycles. The Bertz CT molecular complexity index is 1350. The number of fused-ring (bicyclic) bond motifs is 1. The Morgan fingerprint density at radius 1 is 0.941 bits per heavy atom. The summed E-state index contributed by atoms with van der Waals surface area (Å²) >= 11 is 1.35. The van der Waals surface area contributed by atoms with Crippen molar-refractivity contribution in [2.75, 3.05) is 24.9 Å². The number of benzene rings is 2. The number of urea groups is 1. The van der Waals surface area contributed by atoms with E-state index < -0.39 is 0 Å². The maximum absolute atomic E-state index is 12.4. The number of pyridine rings is 1. The highest BCUT2D eigenvalue weighted by atomic mass is 32.1. The van der Waals surface area contributed by atoms with Crippen molar-refractivity contribution in [3.8, 4) is 23.0 Å². The first-order valence-electron chi connectivity index (χ1n) is 10.6. The lowest BCUT2D eigenvalue weighted by molar-refractivity contribution is 0.262. The predicted molar refractivity (Wildman–Crippen MR) is 133 cm³/mol. The molecule has 0 aliphatic carbocycles. The Morgan fingerprint density at radius 2 is 1.71 bits per heavy atom. The fraction of sp³-hybridized carbons (Fsp3) is 0.250. The van der Waals surface area contributed by atoms with E-state index in [1.165, 1.54) is 11.3 Å². The van der Waals surface area contributed by atoms with Crippen molar-refractivity contribution in [1.29, 1.82) is 0 Å². The van der Waals surface area contributed by atoms with Gasteiger partial charge in [0, 0.05) is 23.3 Å². The Morgan fingerprint density at radius 3 is 2.41 bits per heavy atom. The summed E-state index contributed by atoms with van der Waals surface area (Å²) in [5.74, 6) is 2.49. The van der Waals surface area contributed by atoms with Gasteiger partial charge in [-0.25, -0.2) is 4.79 Å². The van der Waals surface area contributed by atoms with Gasteiger partial charge in [-0.2, -0.15) is 0 Å². The van der Waals surface area contributed by atoms with Crippen LogP contribution in [0.5, 0.6) is 23.0 Å². The molecule has 2 aromatic heterocycles. The summed E-state index contributed by atoms with van der Waals surface area (Å²) in [4.78, 5) is 16.9. The van der Waals surface area contributed by atoms with E-state index >= 15 is 0 Å². The van der Waals surface area contributed by atoms with Crippen molar-refractivity contribution in [3.63, 3.8) is 0 Å². The smallest absolute Gasteiger partial charge is 0.325 e. The van der Waals surface area contributed by atoms with Crippen LogP contribution >= 0.6 is 11.3 Å². The second kappa shape index (κ2) is 9.92. The van der Waals surface area contributed by atoms with Crippen LogP contribution in [0.25, 0.3) is 10.9 Å². The van der Waals surface area contributed by atoms with Crippen molar-refractivity contribution in [3.05, 3.63) is 52.7 Å². The van der Waals surface area contributed by atoms with Gasteiger partial charge in [-0.1, -0.05) is 18.3 Å². The number of hydrogen-bond donors (Lipinski definition) is 2. The van der Waals surface area contributed by atoms with Gasteiger partial charge in [0.1, 0.15) is 16.5 Å². The predicted octanol–water partition coefficient (Wildman–Crippen LogP) is 5.72. The quantitative estimate of drug-likeness (QED) is 0.349. The normalized spacial score (nSPS) is 10.7. The standard InChI is InChI=1S/C24H25N5O4S/c1-6-22-28-29-24(34-22)27-23(30)26-16-7-8-18(14(3)13(16)2)33-19-9-10-25-17-12-21(32-5)20(31-4)11-15(17)19/h7-12H,6H2,1-5H3,(H2,26,27,29,30). The van der Waals surface area contributed by atoms with Crippen LogP contribution in [0.1, 0.15) is 23.1 Å². The highest BCUT2D eigenvalue weighted by molar-refractivity contribution is 7.15. The molecule has 9 nitrogen and oxygen atoms in total. The molecule has 0 saturated carbocycles. The number of aromatic nitrogens is 3. The molecular formula is C24H25N5O4S. The third-order valence-corrected chi connectivity index (χ3v) is 6.39. The molecule has 10 heteroatoms. The number of carbonyl (C=O) groups is 1. The molecule has 2 heterocycles. The van der Waals surface area contributed by atoms with Crippen LogP contribution in [0.4, 0.5) is 15.6 Å². The van der Waals surface area contributed by atoms with Gasteiger partial charge in [-0.05, 0) is 55.7 Å². The summed E-state index contributed by atoms with van der Waals surface area (Å²) in [5.41, 5.74) is 3.18. The summed E-state index contributed by atoms with van der Waals surface area (Å²) in [5, 5.41) is 15.7. The van der Waals surface area contributed by atoms with Crippen molar-refractivity contribution >= 4 is 39.1 Å². The lowest BCUT2D eigenvalue weighted by atomic mass is 10.1. The first kappa shape index (κ1) is 23.2. The van der Waals surface area contributed by atoms with Crippen LogP contribution in [-0.4, -0.2) is 35.4 Å². The van der Waals surface area contributed by atoms with E-state index in [2.05, 4.69) is 25.8 Å². The fourth-order valence-electron chi connectivity index (χ4n) is 3.39.